The molecule has 2 aromatic rings. The number of methoxy groups -OCH3 is 1. The quantitative estimate of drug-likeness (QED) is 0.699. The van der Waals surface area contributed by atoms with Crippen LogP contribution in [-0.2, 0) is 4.74 Å². The third-order valence-electron chi connectivity index (χ3n) is 2.31. The number of aryl methyl sites for hydroxylation is 1. The van der Waals surface area contributed by atoms with Crippen molar-refractivity contribution in [3.8, 4) is 0 Å². The fraction of sp³-hybridized carbons (Fsp3) is 0.182. The van der Waals surface area contributed by atoms with Gasteiger partial charge in [0.1, 0.15) is 0 Å². The van der Waals surface area contributed by atoms with Gasteiger partial charge in [-0.2, -0.15) is 0 Å². The Morgan fingerprint density at radius 2 is 2.21 bits per heavy atom. The normalized spacial score (nSPS) is 10.4. The molecule has 0 aliphatic rings. The zero-order chi connectivity index (χ0) is 10.1. The van der Waals surface area contributed by atoms with Crippen molar-refractivity contribution in [2.45, 2.75) is 6.92 Å². The van der Waals surface area contributed by atoms with E-state index in [4.69, 9.17) is 0 Å². The maximum Gasteiger partial charge on any atom is 0.337 e. The highest BCUT2D eigenvalue weighted by Crippen LogP contribution is 2.19. The number of rotatable bonds is 1. The molecule has 0 bridgehead atoms. The molecule has 0 aliphatic carbocycles. The van der Waals surface area contributed by atoms with E-state index >= 15 is 0 Å². The molecule has 0 radical (unpaired) electrons. The number of hydrogen-bond acceptors (Lipinski definition) is 2. The Morgan fingerprint density at radius 1 is 1.43 bits per heavy atom. The van der Waals surface area contributed by atoms with Crippen molar-refractivity contribution in [1.29, 1.82) is 0 Å². The molecule has 0 unspecified atom stereocenters. The summed E-state index contributed by atoms with van der Waals surface area (Å²) in [7, 11) is 1.39. The first-order valence-corrected chi connectivity index (χ1v) is 4.38. The summed E-state index contributed by atoms with van der Waals surface area (Å²) in [5, 5.41) is 1.06. The number of nitrogens with one attached hydrogen (secondary N) is 1. The van der Waals surface area contributed by atoms with E-state index in [1.807, 2.05) is 25.3 Å². The van der Waals surface area contributed by atoms with E-state index < -0.39 is 0 Å². The Balaban J connectivity index is 2.60. The van der Waals surface area contributed by atoms with Crippen LogP contribution in [0.1, 0.15) is 15.9 Å². The Bertz CT molecular complexity index is 485. The summed E-state index contributed by atoms with van der Waals surface area (Å²) in [5.41, 5.74) is 2.75. The number of carbonyl (C=O) groups excluding carboxylic acids is 1. The van der Waals surface area contributed by atoms with Gasteiger partial charge in [-0.1, -0.05) is 0 Å². The first-order valence-electron chi connectivity index (χ1n) is 4.38. The van der Waals surface area contributed by atoms with E-state index in [0.717, 1.165) is 16.5 Å². The lowest BCUT2D eigenvalue weighted by Gasteiger charge is -1.99. The zero-order valence-corrected chi connectivity index (χ0v) is 8.13. The molecule has 72 valence electrons. The molecule has 14 heavy (non-hydrogen) atoms. The molecule has 0 amide bonds. The van der Waals surface area contributed by atoms with E-state index in [9.17, 15) is 4.79 Å². The van der Waals surface area contributed by atoms with Gasteiger partial charge >= 0.3 is 5.97 Å². The molecule has 0 aliphatic heterocycles. The summed E-state index contributed by atoms with van der Waals surface area (Å²) in [6, 6.07) is 5.48. The minimum atomic E-state index is -0.299. The van der Waals surface area contributed by atoms with Crippen molar-refractivity contribution in [2.24, 2.45) is 0 Å². The number of carbonyl (C=O) groups is 1. The second-order valence-electron chi connectivity index (χ2n) is 3.22. The Hall–Kier alpha value is -1.77. The molecule has 0 saturated carbocycles. The minimum Gasteiger partial charge on any atom is -0.465 e. The molecule has 2 rings (SSSR count). The van der Waals surface area contributed by atoms with E-state index in [-0.39, 0.29) is 5.97 Å². The van der Waals surface area contributed by atoms with Crippen molar-refractivity contribution in [1.82, 2.24) is 4.98 Å². The molecular weight excluding hydrogens is 178 g/mol. The predicted molar refractivity (Wildman–Crippen MR) is 54.4 cm³/mol. The first-order chi connectivity index (χ1) is 6.72. The molecule has 3 heteroatoms. The Labute approximate surface area is 81.7 Å². The number of benzene rings is 1. The van der Waals surface area contributed by atoms with Crippen LogP contribution in [0.5, 0.6) is 0 Å². The van der Waals surface area contributed by atoms with E-state index in [1.165, 1.54) is 7.11 Å². The second kappa shape index (κ2) is 3.18. The first kappa shape index (κ1) is 8.81. The number of hydrogen-bond donors (Lipinski definition) is 1. The van der Waals surface area contributed by atoms with Crippen LogP contribution in [0.15, 0.2) is 24.4 Å². The van der Waals surface area contributed by atoms with Crippen LogP contribution in [0.3, 0.4) is 0 Å². The van der Waals surface area contributed by atoms with Gasteiger partial charge in [0.05, 0.1) is 12.7 Å². The van der Waals surface area contributed by atoms with E-state index in [2.05, 4.69) is 9.72 Å². The van der Waals surface area contributed by atoms with Gasteiger partial charge in [0.2, 0.25) is 0 Å². The average molecular weight is 189 g/mol. The van der Waals surface area contributed by atoms with Crippen molar-refractivity contribution < 1.29 is 9.53 Å². The summed E-state index contributed by atoms with van der Waals surface area (Å²) in [5.74, 6) is -0.299. The van der Waals surface area contributed by atoms with Gasteiger partial charge in [-0.05, 0) is 30.7 Å². The van der Waals surface area contributed by atoms with Crippen LogP contribution in [0.25, 0.3) is 10.9 Å². The molecular formula is C11H11NO2. The van der Waals surface area contributed by atoms with E-state index in [0.29, 0.717) is 5.56 Å². The Kier molecular flexibility index (Phi) is 2.00. The van der Waals surface area contributed by atoms with Gasteiger partial charge in [0, 0.05) is 17.1 Å². The monoisotopic (exact) mass is 189 g/mol. The average Bonchev–Trinajstić information content (AvgIpc) is 2.59. The lowest BCUT2D eigenvalue weighted by molar-refractivity contribution is 0.0601. The van der Waals surface area contributed by atoms with Gasteiger partial charge in [0.25, 0.3) is 0 Å². The lowest BCUT2D eigenvalue weighted by atomic mass is 10.1. The van der Waals surface area contributed by atoms with Crippen molar-refractivity contribution in [2.75, 3.05) is 7.11 Å². The molecule has 1 aromatic carbocycles. The molecule has 3 nitrogen and oxygen atoms in total. The summed E-state index contributed by atoms with van der Waals surface area (Å²) in [6.07, 6.45) is 1.92. The molecule has 0 fully saturated rings. The SMILES string of the molecule is COC(=O)c1ccc2[nH]cc(C)c2c1. The van der Waals surface area contributed by atoms with Crippen molar-refractivity contribution in [3.63, 3.8) is 0 Å². The second-order valence-corrected chi connectivity index (χ2v) is 3.22. The maximum atomic E-state index is 11.3. The number of ether oxygens (including phenoxy) is 1. The fourth-order valence-electron chi connectivity index (χ4n) is 1.50. The van der Waals surface area contributed by atoms with Gasteiger partial charge in [-0.25, -0.2) is 4.79 Å². The van der Waals surface area contributed by atoms with Crippen LogP contribution in [0, 0.1) is 6.92 Å². The topological polar surface area (TPSA) is 42.1 Å². The number of aromatic nitrogens is 1. The van der Waals surface area contributed by atoms with Gasteiger partial charge in [-0.15, -0.1) is 0 Å². The number of H-pyrrole nitrogens is 1. The van der Waals surface area contributed by atoms with Gasteiger partial charge in [0.15, 0.2) is 0 Å². The lowest BCUT2D eigenvalue weighted by Crippen LogP contribution is -2.00. The highest BCUT2D eigenvalue weighted by Gasteiger charge is 2.07. The summed E-state index contributed by atoms with van der Waals surface area (Å²) in [4.78, 5) is 14.4. The van der Waals surface area contributed by atoms with Gasteiger partial charge in [-0.3, -0.25) is 0 Å². The highest BCUT2D eigenvalue weighted by molar-refractivity contribution is 5.95. The van der Waals surface area contributed by atoms with Crippen LogP contribution in [0.2, 0.25) is 0 Å². The molecule has 1 N–H and O–H groups in total. The van der Waals surface area contributed by atoms with Gasteiger partial charge < -0.3 is 9.72 Å². The van der Waals surface area contributed by atoms with Crippen LogP contribution < -0.4 is 0 Å². The van der Waals surface area contributed by atoms with Crippen molar-refractivity contribution in [3.05, 3.63) is 35.5 Å². The van der Waals surface area contributed by atoms with Crippen LogP contribution >= 0.6 is 0 Å². The summed E-state index contributed by atoms with van der Waals surface area (Å²) in [6.45, 7) is 2.00. The third kappa shape index (κ3) is 1.27. The number of aromatic amines is 1. The smallest absolute Gasteiger partial charge is 0.337 e. The standard InChI is InChI=1S/C11H11NO2/c1-7-6-12-10-4-3-8(5-9(7)10)11(13)14-2/h3-6,12H,1-2H3. The molecule has 0 saturated heterocycles. The van der Waals surface area contributed by atoms with Crippen LogP contribution in [-0.4, -0.2) is 18.1 Å². The molecule has 0 spiro atoms. The van der Waals surface area contributed by atoms with Crippen molar-refractivity contribution >= 4 is 16.9 Å². The van der Waals surface area contributed by atoms with Crippen LogP contribution in [0.4, 0.5) is 0 Å². The minimum absolute atomic E-state index is 0.299. The number of fused-ring (bicyclic) bond motifs is 1. The highest BCUT2D eigenvalue weighted by atomic mass is 16.5. The molecule has 1 aromatic heterocycles. The molecule has 0 atom stereocenters. The Morgan fingerprint density at radius 3 is 2.93 bits per heavy atom. The van der Waals surface area contributed by atoms with E-state index in [1.54, 1.807) is 6.07 Å². The summed E-state index contributed by atoms with van der Waals surface area (Å²) < 4.78 is 4.65. The number of esters is 1. The predicted octanol–water partition coefficient (Wildman–Crippen LogP) is 2.26. The molecule has 1 heterocycles. The zero-order valence-electron chi connectivity index (χ0n) is 8.13. The summed E-state index contributed by atoms with van der Waals surface area (Å²) >= 11 is 0. The maximum absolute atomic E-state index is 11.3. The largest absolute Gasteiger partial charge is 0.465 e. The fourth-order valence-corrected chi connectivity index (χ4v) is 1.50. The third-order valence-corrected chi connectivity index (χ3v) is 2.31.